The lowest BCUT2D eigenvalue weighted by Crippen LogP contribution is -1.91. The third-order valence-corrected chi connectivity index (χ3v) is 7.77. The van der Waals surface area contributed by atoms with Gasteiger partial charge in [0.15, 0.2) is 0 Å². The number of rotatable bonds is 4. The Kier molecular flexibility index (Phi) is 5.46. The van der Waals surface area contributed by atoms with Gasteiger partial charge >= 0.3 is 0 Å². The summed E-state index contributed by atoms with van der Waals surface area (Å²) in [7, 11) is 0. The minimum absolute atomic E-state index is 0.759. The van der Waals surface area contributed by atoms with E-state index in [-0.39, 0.29) is 0 Å². The molecule has 2 heterocycles. The summed E-state index contributed by atoms with van der Waals surface area (Å²) in [4.78, 5) is 9.45. The topological polar surface area (TPSA) is 35.0 Å². The van der Waals surface area contributed by atoms with Crippen LogP contribution in [0.25, 0.3) is 66.7 Å². The lowest BCUT2D eigenvalue weighted by atomic mass is 9.94. The molecule has 8 rings (SSSR count). The Morgan fingerprint density at radius 2 is 1.02 bits per heavy atom. The molecule has 0 spiro atoms. The second-order valence-corrected chi connectivity index (χ2v) is 10.2. The van der Waals surface area contributed by atoms with Gasteiger partial charge < -0.3 is 4.74 Å². The molecule has 0 saturated carbocycles. The fourth-order valence-corrected chi connectivity index (χ4v) is 5.90. The van der Waals surface area contributed by atoms with Gasteiger partial charge in [0.05, 0.1) is 11.4 Å². The average Bonchev–Trinajstić information content (AvgIpc) is 3.16. The van der Waals surface area contributed by atoms with Crippen molar-refractivity contribution in [2.45, 2.75) is 0 Å². The van der Waals surface area contributed by atoms with Gasteiger partial charge in [-0.2, -0.15) is 0 Å². The molecule has 0 atom stereocenters. The quantitative estimate of drug-likeness (QED) is 0.230. The highest BCUT2D eigenvalue weighted by molar-refractivity contribution is 6.13. The van der Waals surface area contributed by atoms with Gasteiger partial charge in [0, 0.05) is 29.1 Å². The molecular weight excluding hydrogens is 500 g/mol. The molecule has 41 heavy (non-hydrogen) atoms. The Bertz CT molecular complexity index is 2080. The molecule has 0 saturated heterocycles. The number of hydrogen-bond donors (Lipinski definition) is 0. The van der Waals surface area contributed by atoms with Crippen LogP contribution in [0, 0.1) is 0 Å². The normalized spacial score (nSPS) is 11.4. The van der Waals surface area contributed by atoms with Crippen LogP contribution >= 0.6 is 0 Å². The summed E-state index contributed by atoms with van der Waals surface area (Å²) in [6.07, 6.45) is 3.83. The van der Waals surface area contributed by atoms with E-state index >= 15 is 0 Å². The van der Waals surface area contributed by atoms with E-state index in [1.807, 2.05) is 60.8 Å². The summed E-state index contributed by atoms with van der Waals surface area (Å²) in [5, 5.41) is 2.52. The van der Waals surface area contributed by atoms with E-state index in [1.165, 1.54) is 38.6 Å². The summed E-state index contributed by atoms with van der Waals surface area (Å²) < 4.78 is 6.32. The molecular formula is C38H24N2O. The lowest BCUT2D eigenvalue weighted by molar-refractivity contribution is 0.483. The molecule has 2 aromatic heterocycles. The molecule has 1 aliphatic rings. The van der Waals surface area contributed by atoms with Gasteiger partial charge in [0.25, 0.3) is 0 Å². The van der Waals surface area contributed by atoms with Gasteiger partial charge in [0.1, 0.15) is 11.5 Å². The second-order valence-electron chi connectivity index (χ2n) is 10.2. The molecule has 3 nitrogen and oxygen atoms in total. The number of aromatic nitrogens is 2. The van der Waals surface area contributed by atoms with Crippen molar-refractivity contribution in [2.75, 3.05) is 0 Å². The first-order valence-corrected chi connectivity index (χ1v) is 13.7. The highest BCUT2D eigenvalue weighted by atomic mass is 16.5. The van der Waals surface area contributed by atoms with Crippen LogP contribution in [0.4, 0.5) is 0 Å². The van der Waals surface area contributed by atoms with Gasteiger partial charge in [-0.25, -0.2) is 0 Å². The van der Waals surface area contributed by atoms with Crippen molar-refractivity contribution in [3.8, 4) is 67.4 Å². The van der Waals surface area contributed by atoms with Crippen molar-refractivity contribution in [1.29, 1.82) is 0 Å². The van der Waals surface area contributed by atoms with E-state index < -0.39 is 0 Å². The molecule has 0 radical (unpaired) electrons. The summed E-state index contributed by atoms with van der Waals surface area (Å²) in [5.41, 5.74) is 11.1. The van der Waals surface area contributed by atoms with Crippen LogP contribution in [0.5, 0.6) is 11.5 Å². The first-order chi connectivity index (χ1) is 20.3. The first-order valence-electron chi connectivity index (χ1n) is 13.7. The van der Waals surface area contributed by atoms with Crippen LogP contribution in [0.2, 0.25) is 0 Å². The van der Waals surface area contributed by atoms with Crippen molar-refractivity contribution in [1.82, 2.24) is 9.97 Å². The van der Waals surface area contributed by atoms with Gasteiger partial charge in [-0.15, -0.1) is 0 Å². The Morgan fingerprint density at radius 1 is 0.415 bits per heavy atom. The Hall–Kier alpha value is -5.54. The molecule has 0 amide bonds. The van der Waals surface area contributed by atoms with Crippen molar-refractivity contribution in [3.63, 3.8) is 0 Å². The minimum atomic E-state index is 0.759. The van der Waals surface area contributed by atoms with E-state index in [0.717, 1.165) is 39.6 Å². The maximum Gasteiger partial charge on any atom is 0.128 e. The zero-order valence-corrected chi connectivity index (χ0v) is 22.2. The molecule has 1 aliphatic carbocycles. The van der Waals surface area contributed by atoms with Gasteiger partial charge in [-0.1, -0.05) is 91.0 Å². The number of nitrogens with zero attached hydrogens (tertiary/aromatic N) is 2. The maximum atomic E-state index is 6.32. The van der Waals surface area contributed by atoms with Crippen molar-refractivity contribution < 1.29 is 4.74 Å². The van der Waals surface area contributed by atoms with Gasteiger partial charge in [-0.05, 0) is 81.1 Å². The number of hydrogen-bond acceptors (Lipinski definition) is 3. The zero-order chi connectivity index (χ0) is 27.2. The van der Waals surface area contributed by atoms with Crippen molar-refractivity contribution >= 4 is 10.8 Å². The molecule has 0 unspecified atom stereocenters. The van der Waals surface area contributed by atoms with Crippen LogP contribution in [0.3, 0.4) is 0 Å². The monoisotopic (exact) mass is 524 g/mol. The molecule has 0 aliphatic heterocycles. The van der Waals surface area contributed by atoms with Crippen LogP contribution < -0.4 is 4.74 Å². The predicted molar refractivity (Wildman–Crippen MR) is 167 cm³/mol. The van der Waals surface area contributed by atoms with E-state index in [9.17, 15) is 0 Å². The average molecular weight is 525 g/mol. The first kappa shape index (κ1) is 23.4. The highest BCUT2D eigenvalue weighted by Gasteiger charge is 2.22. The molecule has 0 fully saturated rings. The van der Waals surface area contributed by atoms with Crippen LogP contribution in [0.1, 0.15) is 0 Å². The van der Waals surface area contributed by atoms with Gasteiger partial charge in [0.2, 0.25) is 0 Å². The molecule has 0 bridgehead atoms. The minimum Gasteiger partial charge on any atom is -0.457 e. The van der Waals surface area contributed by atoms with E-state index in [1.54, 1.807) is 6.20 Å². The predicted octanol–water partition coefficient (Wildman–Crippen LogP) is 10.1. The van der Waals surface area contributed by atoms with Crippen LogP contribution in [-0.2, 0) is 0 Å². The second kappa shape index (κ2) is 9.58. The van der Waals surface area contributed by atoms with Gasteiger partial charge in [-0.3, -0.25) is 9.97 Å². The third kappa shape index (κ3) is 4.07. The fraction of sp³-hybridized carbons (Fsp3) is 0. The van der Waals surface area contributed by atoms with E-state index in [0.29, 0.717) is 0 Å². The number of fused-ring (bicyclic) bond motifs is 5. The molecule has 192 valence electrons. The molecule has 0 N–H and O–H groups in total. The number of benzene rings is 5. The van der Waals surface area contributed by atoms with Crippen LogP contribution in [0.15, 0.2) is 146 Å². The lowest BCUT2D eigenvalue weighted by Gasteiger charge is -2.13. The molecule has 5 aromatic carbocycles. The standard InChI is InChI=1S/C38H24N2O/c1-2-16-31-30(15-1)32-17-7-9-25-10-8-18-33(38(25)32)35-24-40-37(23-34(31)35)27-12-6-14-29(22-27)41-28-13-5-11-26(21-28)36-19-3-4-20-39-36/h1-24H. The maximum absolute atomic E-state index is 6.32. The summed E-state index contributed by atoms with van der Waals surface area (Å²) in [5.74, 6) is 1.52. The summed E-state index contributed by atoms with van der Waals surface area (Å²) in [6.45, 7) is 0. The highest BCUT2D eigenvalue weighted by Crippen LogP contribution is 2.47. The van der Waals surface area contributed by atoms with E-state index in [2.05, 4.69) is 83.8 Å². The number of ether oxygens (including phenoxy) is 1. The van der Waals surface area contributed by atoms with Crippen LogP contribution in [-0.4, -0.2) is 9.97 Å². The Labute approximate surface area is 238 Å². The largest absolute Gasteiger partial charge is 0.457 e. The molecule has 7 aromatic rings. The Morgan fingerprint density at radius 3 is 1.73 bits per heavy atom. The molecule has 3 heteroatoms. The smallest absolute Gasteiger partial charge is 0.128 e. The summed E-state index contributed by atoms with van der Waals surface area (Å²) in [6, 6.07) is 46.1. The van der Waals surface area contributed by atoms with E-state index in [4.69, 9.17) is 9.72 Å². The Balaban J connectivity index is 1.21. The number of pyridine rings is 2. The van der Waals surface area contributed by atoms with Crippen molar-refractivity contribution in [2.24, 2.45) is 0 Å². The third-order valence-electron chi connectivity index (χ3n) is 7.77. The van der Waals surface area contributed by atoms with Crippen molar-refractivity contribution in [3.05, 3.63) is 146 Å². The fourth-order valence-electron chi connectivity index (χ4n) is 5.90. The SMILES string of the molecule is c1ccc(-c2cccc(Oc3cccc(-c4cc5c(cn4)-c4cccc6cccc(c46)-c4ccccc4-5)c3)c2)nc1. The summed E-state index contributed by atoms with van der Waals surface area (Å²) >= 11 is 0. The zero-order valence-electron chi connectivity index (χ0n) is 22.2.